The Morgan fingerprint density at radius 1 is 1.05 bits per heavy atom. The topological polar surface area (TPSA) is 183 Å². The molecule has 1 aliphatic heterocycles. The van der Waals surface area contributed by atoms with Gasteiger partial charge in [-0.3, -0.25) is 19.8 Å². The van der Waals surface area contributed by atoms with Crippen molar-refractivity contribution in [2.24, 2.45) is 11.3 Å². The van der Waals surface area contributed by atoms with Crippen LogP contribution in [0.1, 0.15) is 68.3 Å². The maximum atomic E-state index is 13.9. The number of nitrogens with one attached hydrogen (secondary N) is 3. The Bertz CT molecular complexity index is 2590. The number of ether oxygens (including phenoxy) is 1. The number of nitrogens with zero attached hydrogens (tertiary/aromatic N) is 4. The van der Waals surface area contributed by atoms with Gasteiger partial charge in [0.1, 0.15) is 22.8 Å². The van der Waals surface area contributed by atoms with Crippen LogP contribution in [0.2, 0.25) is 5.02 Å². The predicted molar refractivity (Wildman–Crippen MR) is 237 cm³/mol. The van der Waals surface area contributed by atoms with Gasteiger partial charge in [0.05, 0.1) is 27.7 Å². The van der Waals surface area contributed by atoms with Gasteiger partial charge in [-0.25, -0.2) is 18.1 Å². The summed E-state index contributed by atoms with van der Waals surface area (Å²) in [5.74, 6) is -0.365. The first-order chi connectivity index (χ1) is 29.2. The minimum atomic E-state index is -4.57. The molecule has 0 radical (unpaired) electrons. The lowest BCUT2D eigenvalue weighted by atomic mass is 9.72. The summed E-state index contributed by atoms with van der Waals surface area (Å²) in [5.41, 5.74) is 5.43. The highest BCUT2D eigenvalue weighted by Gasteiger charge is 2.31. The van der Waals surface area contributed by atoms with Crippen LogP contribution in [0.5, 0.6) is 11.5 Å². The normalized spacial score (nSPS) is 19.6. The van der Waals surface area contributed by atoms with Gasteiger partial charge in [-0.1, -0.05) is 43.2 Å². The molecule has 2 aliphatic carbocycles. The lowest BCUT2D eigenvalue weighted by Gasteiger charge is -2.39. The second-order valence-corrected chi connectivity index (χ2v) is 19.3. The van der Waals surface area contributed by atoms with E-state index in [-0.39, 0.29) is 28.3 Å². The molecular formula is C45H50ClN7O7S. The summed E-state index contributed by atoms with van der Waals surface area (Å²) in [7, 11) is -4.57. The number of benzene rings is 3. The summed E-state index contributed by atoms with van der Waals surface area (Å²) in [6.07, 6.45) is 8.10. The van der Waals surface area contributed by atoms with Gasteiger partial charge in [0.15, 0.2) is 0 Å². The van der Waals surface area contributed by atoms with Crippen LogP contribution in [0.15, 0.2) is 95.7 Å². The van der Waals surface area contributed by atoms with Gasteiger partial charge in [0, 0.05) is 73.7 Å². The highest BCUT2D eigenvalue weighted by atomic mass is 35.5. The molecule has 4 N–H and O–H groups in total. The average molecular weight is 868 g/mol. The first-order valence-electron chi connectivity index (χ1n) is 20.7. The highest BCUT2D eigenvalue weighted by molar-refractivity contribution is 7.90. The molecule has 3 aromatic carbocycles. The molecule has 2 atom stereocenters. The zero-order valence-corrected chi connectivity index (χ0v) is 35.8. The van der Waals surface area contributed by atoms with Gasteiger partial charge in [0.25, 0.3) is 21.6 Å². The minimum absolute atomic E-state index is 0.0476. The van der Waals surface area contributed by atoms with Gasteiger partial charge in [-0.15, -0.1) is 0 Å². The molecule has 320 valence electrons. The van der Waals surface area contributed by atoms with Crippen LogP contribution in [0.4, 0.5) is 17.1 Å². The summed E-state index contributed by atoms with van der Waals surface area (Å²) in [6, 6.07) is 20.3. The second kappa shape index (κ2) is 17.5. The molecule has 0 bridgehead atoms. The standard InChI is InChI=1S/C45H50ClN7O7S/c1-45(2)15-13-32(39(25-45)30-4-6-33(46)7-5-30)28-51-17-19-52(20-18-51)34-8-11-38(42(23-34)60-36-22-31-14-16-47-43(31)49-27-36)44(55)50-61(58,59)37-10-12-40(41(24-37)53(56)57)48-26-29-3-9-35(54)21-29/h4-8,10-12,14,16,22-24,27,29,35,48,54H,3,9,13,15,17-21,25-26,28H2,1-2H3,(H,47,49)(H,50,55)/t29-,35-/m0/s1. The highest BCUT2D eigenvalue weighted by Crippen LogP contribution is 2.43. The monoisotopic (exact) mass is 867 g/mol. The van der Waals surface area contributed by atoms with Crippen molar-refractivity contribution in [3.63, 3.8) is 0 Å². The van der Waals surface area contributed by atoms with Gasteiger partial charge in [-0.05, 0) is 110 Å². The molecule has 1 amide bonds. The van der Waals surface area contributed by atoms with E-state index in [0.29, 0.717) is 30.8 Å². The van der Waals surface area contributed by atoms with Crippen molar-refractivity contribution in [3.8, 4) is 11.5 Å². The molecule has 14 nitrogen and oxygen atoms in total. The first kappa shape index (κ1) is 42.2. The number of nitro benzene ring substituents is 1. The van der Waals surface area contributed by atoms with Gasteiger partial charge in [0.2, 0.25) is 0 Å². The van der Waals surface area contributed by atoms with Crippen LogP contribution >= 0.6 is 11.6 Å². The number of hydrogen-bond acceptors (Lipinski definition) is 11. The quantitative estimate of drug-likeness (QED) is 0.0659. The number of nitro groups is 1. The number of aliphatic hydroxyl groups is 1. The maximum Gasteiger partial charge on any atom is 0.293 e. The fourth-order valence-corrected chi connectivity index (χ4v) is 9.80. The van der Waals surface area contributed by atoms with E-state index in [9.17, 15) is 28.4 Å². The summed E-state index contributed by atoms with van der Waals surface area (Å²) in [6.45, 7) is 9.00. The summed E-state index contributed by atoms with van der Waals surface area (Å²) >= 11 is 6.24. The van der Waals surface area contributed by atoms with Crippen LogP contribution in [0, 0.1) is 21.4 Å². The average Bonchev–Trinajstić information content (AvgIpc) is 3.89. The molecule has 5 aromatic rings. The Morgan fingerprint density at radius 2 is 1.84 bits per heavy atom. The summed E-state index contributed by atoms with van der Waals surface area (Å²) in [5, 5.41) is 26.5. The first-order valence-corrected chi connectivity index (χ1v) is 22.5. The smallest absolute Gasteiger partial charge is 0.293 e. The van der Waals surface area contributed by atoms with E-state index in [1.54, 1.807) is 24.4 Å². The Kier molecular flexibility index (Phi) is 12.1. The Hall–Kier alpha value is -5.48. The lowest BCUT2D eigenvalue weighted by Crippen LogP contribution is -2.47. The zero-order valence-electron chi connectivity index (χ0n) is 34.2. The number of carbonyl (C=O) groups excluding carboxylic acids is 1. The van der Waals surface area contributed by atoms with Crippen molar-refractivity contribution >= 4 is 61.2 Å². The van der Waals surface area contributed by atoms with Crippen molar-refractivity contribution in [2.45, 2.75) is 63.4 Å². The van der Waals surface area contributed by atoms with Crippen LogP contribution in [0.25, 0.3) is 16.6 Å². The molecule has 0 unspecified atom stereocenters. The maximum absolute atomic E-state index is 13.9. The number of aromatic nitrogens is 2. The third kappa shape index (κ3) is 9.86. The van der Waals surface area contributed by atoms with Crippen LogP contribution in [0.3, 0.4) is 0 Å². The summed E-state index contributed by atoms with van der Waals surface area (Å²) < 4.78 is 35.7. The fraction of sp³-hybridized carbons (Fsp3) is 0.378. The number of pyridine rings is 1. The molecule has 1 saturated carbocycles. The number of allylic oxidation sites excluding steroid dienone is 1. The number of aliphatic hydroxyl groups excluding tert-OH is 1. The number of piperazine rings is 1. The molecule has 1 saturated heterocycles. The zero-order chi connectivity index (χ0) is 42.9. The number of hydrogen-bond donors (Lipinski definition) is 4. The van der Waals surface area contributed by atoms with Crippen LogP contribution < -0.4 is 19.7 Å². The molecule has 61 heavy (non-hydrogen) atoms. The Morgan fingerprint density at radius 3 is 2.57 bits per heavy atom. The van der Waals surface area contributed by atoms with Crippen molar-refractivity contribution in [3.05, 3.63) is 117 Å². The number of H-pyrrole nitrogens is 1. The minimum Gasteiger partial charge on any atom is -0.455 e. The molecule has 8 rings (SSSR count). The molecule has 3 aliphatic rings. The number of anilines is 2. The molecule has 0 spiro atoms. The van der Waals surface area contributed by atoms with E-state index in [1.807, 2.05) is 18.2 Å². The van der Waals surface area contributed by atoms with Gasteiger partial charge >= 0.3 is 0 Å². The number of aromatic amines is 1. The number of amides is 1. The Labute approximate surface area is 360 Å². The number of fused-ring (bicyclic) bond motifs is 1. The number of rotatable bonds is 13. The van der Waals surface area contributed by atoms with Crippen molar-refractivity contribution < 1.29 is 28.0 Å². The Balaban J connectivity index is 1.00. The van der Waals surface area contributed by atoms with Crippen LogP contribution in [-0.2, 0) is 10.0 Å². The second-order valence-electron chi connectivity index (χ2n) is 17.1. The van der Waals surface area contributed by atoms with Crippen molar-refractivity contribution in [1.82, 2.24) is 19.6 Å². The lowest BCUT2D eigenvalue weighted by molar-refractivity contribution is -0.384. The third-order valence-corrected chi connectivity index (χ3v) is 13.7. The SMILES string of the molecule is CC1(C)CCC(CN2CCN(c3ccc(C(=O)NS(=O)(=O)c4ccc(NC[C@H]5CC[C@H](O)C5)c([N+](=O)[O-])c4)c(Oc4cnc5[nH]ccc5c4)c3)CC2)=C(c2ccc(Cl)cc2)C1. The van der Waals surface area contributed by atoms with Crippen molar-refractivity contribution in [1.29, 1.82) is 0 Å². The molecule has 2 fully saturated rings. The predicted octanol–water partition coefficient (Wildman–Crippen LogP) is 8.39. The van der Waals surface area contributed by atoms with Gasteiger partial charge < -0.3 is 25.0 Å². The van der Waals surface area contributed by atoms with E-state index in [0.717, 1.165) is 80.6 Å². The van der Waals surface area contributed by atoms with E-state index in [2.05, 4.69) is 55.8 Å². The van der Waals surface area contributed by atoms with Gasteiger partial charge in [-0.2, -0.15) is 0 Å². The largest absolute Gasteiger partial charge is 0.455 e. The number of sulfonamides is 1. The van der Waals surface area contributed by atoms with E-state index in [4.69, 9.17) is 16.3 Å². The molecule has 2 aromatic heterocycles. The number of carbonyl (C=O) groups is 1. The number of halogens is 1. The molecule has 16 heteroatoms. The van der Waals surface area contributed by atoms with E-state index in [1.165, 1.54) is 41.1 Å². The molecule has 3 heterocycles. The molecular weight excluding hydrogens is 818 g/mol. The fourth-order valence-electron chi connectivity index (χ4n) is 8.68. The van der Waals surface area contributed by atoms with E-state index >= 15 is 0 Å². The van der Waals surface area contributed by atoms with Crippen molar-refractivity contribution in [2.75, 3.05) is 49.5 Å². The van der Waals surface area contributed by atoms with E-state index < -0.39 is 37.5 Å². The third-order valence-electron chi connectivity index (χ3n) is 12.1. The van der Waals surface area contributed by atoms with Crippen LogP contribution in [-0.4, -0.2) is 84.6 Å². The summed E-state index contributed by atoms with van der Waals surface area (Å²) in [4.78, 5) is 37.0.